The van der Waals surface area contributed by atoms with Gasteiger partial charge in [-0.1, -0.05) is 22.0 Å². The van der Waals surface area contributed by atoms with Crippen LogP contribution >= 0.6 is 15.9 Å². The van der Waals surface area contributed by atoms with Gasteiger partial charge in [0.1, 0.15) is 0 Å². The van der Waals surface area contributed by atoms with Crippen molar-refractivity contribution in [3.8, 4) is 0 Å². The van der Waals surface area contributed by atoms with E-state index in [2.05, 4.69) is 26.2 Å². The largest absolute Gasteiger partial charge is 0.435 e. The molecule has 0 spiro atoms. The predicted octanol–water partition coefficient (Wildman–Crippen LogP) is 2.50. The molecule has 1 aromatic carbocycles. The van der Waals surface area contributed by atoms with Crippen molar-refractivity contribution < 1.29 is 9.21 Å². The van der Waals surface area contributed by atoms with E-state index < -0.39 is 0 Å². The number of rotatable bonds is 4. The second-order valence-electron chi connectivity index (χ2n) is 4.08. The lowest BCUT2D eigenvalue weighted by Crippen LogP contribution is -2.11. The van der Waals surface area contributed by atoms with Gasteiger partial charge in [0.2, 0.25) is 5.76 Å². The molecule has 19 heavy (non-hydrogen) atoms. The minimum absolute atomic E-state index is 0.181. The monoisotopic (exact) mass is 323 g/mol. The third-order valence-corrected chi connectivity index (χ3v) is 3.42. The van der Waals surface area contributed by atoms with Gasteiger partial charge < -0.3 is 15.5 Å². The van der Waals surface area contributed by atoms with Crippen molar-refractivity contribution in [1.82, 2.24) is 4.98 Å². The van der Waals surface area contributed by atoms with E-state index >= 15 is 0 Å². The van der Waals surface area contributed by atoms with Crippen molar-refractivity contribution in [1.29, 1.82) is 0 Å². The third kappa shape index (κ3) is 3.42. The maximum absolute atomic E-state index is 11.9. The SMILES string of the molecule is Cc1ccc(NC(=O)c2cnc(CCN)o2)cc1Br. The van der Waals surface area contributed by atoms with Crippen LogP contribution in [0.25, 0.3) is 0 Å². The predicted molar refractivity (Wildman–Crippen MR) is 76.1 cm³/mol. The van der Waals surface area contributed by atoms with Gasteiger partial charge in [0.25, 0.3) is 5.91 Å². The molecule has 0 aliphatic heterocycles. The van der Waals surface area contributed by atoms with Crippen molar-refractivity contribution in [3.05, 3.63) is 46.1 Å². The number of nitrogens with two attached hydrogens (primary N) is 1. The molecule has 0 radical (unpaired) electrons. The first-order valence-corrected chi connectivity index (χ1v) is 6.61. The summed E-state index contributed by atoms with van der Waals surface area (Å²) in [6.45, 7) is 2.41. The van der Waals surface area contributed by atoms with E-state index in [0.717, 1.165) is 10.0 Å². The standard InChI is InChI=1S/C13H14BrN3O2/c1-8-2-3-9(6-10(8)14)17-13(18)11-7-16-12(19-11)4-5-15/h2-3,6-7H,4-5,15H2,1H3,(H,17,18). The van der Waals surface area contributed by atoms with Gasteiger partial charge in [-0.2, -0.15) is 0 Å². The molecule has 100 valence electrons. The molecule has 0 atom stereocenters. The molecule has 0 saturated heterocycles. The molecule has 0 saturated carbocycles. The highest BCUT2D eigenvalue weighted by Gasteiger charge is 2.12. The average Bonchev–Trinajstić information content (AvgIpc) is 2.83. The van der Waals surface area contributed by atoms with Crippen molar-refractivity contribution >= 4 is 27.5 Å². The van der Waals surface area contributed by atoms with Crippen molar-refractivity contribution in [3.63, 3.8) is 0 Å². The van der Waals surface area contributed by atoms with Gasteiger partial charge >= 0.3 is 0 Å². The molecule has 0 fully saturated rings. The molecule has 1 heterocycles. The van der Waals surface area contributed by atoms with Gasteiger partial charge in [-0.15, -0.1) is 0 Å². The Balaban J connectivity index is 2.09. The van der Waals surface area contributed by atoms with Gasteiger partial charge in [0, 0.05) is 23.1 Å². The summed E-state index contributed by atoms with van der Waals surface area (Å²) in [4.78, 5) is 15.9. The molecule has 2 rings (SSSR count). The van der Waals surface area contributed by atoms with Crippen molar-refractivity contribution in [2.45, 2.75) is 13.3 Å². The second kappa shape index (κ2) is 5.99. The number of anilines is 1. The minimum atomic E-state index is -0.327. The first kappa shape index (κ1) is 13.8. The summed E-state index contributed by atoms with van der Waals surface area (Å²) >= 11 is 3.42. The summed E-state index contributed by atoms with van der Waals surface area (Å²) in [5.74, 6) is 0.324. The Labute approximate surface area is 119 Å². The lowest BCUT2D eigenvalue weighted by atomic mass is 10.2. The van der Waals surface area contributed by atoms with Crippen LogP contribution in [0, 0.1) is 6.92 Å². The number of carbonyl (C=O) groups excluding carboxylic acids is 1. The highest BCUT2D eigenvalue weighted by atomic mass is 79.9. The van der Waals surface area contributed by atoms with E-state index in [1.807, 2.05) is 25.1 Å². The Hall–Kier alpha value is -1.66. The fourth-order valence-electron chi connectivity index (χ4n) is 1.52. The number of amides is 1. The first-order chi connectivity index (χ1) is 9.10. The molecule has 6 heteroatoms. The highest BCUT2D eigenvalue weighted by Crippen LogP contribution is 2.21. The van der Waals surface area contributed by atoms with Gasteiger partial charge in [0.15, 0.2) is 5.89 Å². The molecular weight excluding hydrogens is 310 g/mol. The Morgan fingerprint density at radius 2 is 2.32 bits per heavy atom. The van der Waals surface area contributed by atoms with E-state index in [9.17, 15) is 4.79 Å². The lowest BCUT2D eigenvalue weighted by Gasteiger charge is -2.05. The fourth-order valence-corrected chi connectivity index (χ4v) is 1.90. The number of halogens is 1. The van der Waals surface area contributed by atoms with Crippen LogP contribution in [-0.4, -0.2) is 17.4 Å². The number of carbonyl (C=O) groups is 1. The maximum Gasteiger partial charge on any atom is 0.293 e. The van der Waals surface area contributed by atoms with Crippen LogP contribution in [0.1, 0.15) is 22.0 Å². The Bertz CT molecular complexity index is 595. The van der Waals surface area contributed by atoms with Crippen LogP contribution < -0.4 is 11.1 Å². The van der Waals surface area contributed by atoms with E-state index in [1.165, 1.54) is 6.20 Å². The van der Waals surface area contributed by atoms with E-state index in [4.69, 9.17) is 10.2 Å². The number of hydrogen-bond acceptors (Lipinski definition) is 4. The van der Waals surface area contributed by atoms with Crippen molar-refractivity contribution in [2.75, 3.05) is 11.9 Å². The zero-order valence-electron chi connectivity index (χ0n) is 10.4. The van der Waals surface area contributed by atoms with Gasteiger partial charge in [-0.05, 0) is 24.6 Å². The maximum atomic E-state index is 11.9. The van der Waals surface area contributed by atoms with E-state index in [1.54, 1.807) is 0 Å². The molecule has 0 bridgehead atoms. The topological polar surface area (TPSA) is 81.2 Å². The first-order valence-electron chi connectivity index (χ1n) is 5.82. The fraction of sp³-hybridized carbons (Fsp3) is 0.231. The molecule has 0 aliphatic carbocycles. The molecule has 5 nitrogen and oxygen atoms in total. The number of aromatic nitrogens is 1. The number of hydrogen-bond donors (Lipinski definition) is 2. The van der Waals surface area contributed by atoms with Gasteiger partial charge in [-0.3, -0.25) is 4.79 Å². The normalized spacial score (nSPS) is 10.5. The summed E-state index contributed by atoms with van der Waals surface area (Å²) in [5.41, 5.74) is 7.19. The van der Waals surface area contributed by atoms with Gasteiger partial charge in [-0.25, -0.2) is 4.98 Å². The molecule has 0 aliphatic rings. The molecule has 1 amide bonds. The second-order valence-corrected chi connectivity index (χ2v) is 4.93. The third-order valence-electron chi connectivity index (χ3n) is 2.57. The molecule has 0 unspecified atom stereocenters. The summed E-state index contributed by atoms with van der Waals surface area (Å²) < 4.78 is 6.23. The zero-order valence-corrected chi connectivity index (χ0v) is 12.0. The Morgan fingerprint density at radius 3 is 3.00 bits per heavy atom. The highest BCUT2D eigenvalue weighted by molar-refractivity contribution is 9.10. The smallest absolute Gasteiger partial charge is 0.293 e. The minimum Gasteiger partial charge on any atom is -0.435 e. The quantitative estimate of drug-likeness (QED) is 0.905. The molecule has 3 N–H and O–H groups in total. The van der Waals surface area contributed by atoms with Crippen LogP contribution in [0.15, 0.2) is 33.3 Å². The summed E-state index contributed by atoms with van der Waals surface area (Å²) in [5, 5.41) is 2.75. The summed E-state index contributed by atoms with van der Waals surface area (Å²) in [7, 11) is 0. The zero-order chi connectivity index (χ0) is 13.8. The van der Waals surface area contributed by atoms with Crippen LogP contribution in [0.4, 0.5) is 5.69 Å². The van der Waals surface area contributed by atoms with Crippen LogP contribution in [-0.2, 0) is 6.42 Å². The van der Waals surface area contributed by atoms with Gasteiger partial charge in [0.05, 0.1) is 6.20 Å². The van der Waals surface area contributed by atoms with E-state index in [-0.39, 0.29) is 11.7 Å². The number of nitrogens with one attached hydrogen (secondary N) is 1. The number of benzene rings is 1. The molecule has 2 aromatic rings. The average molecular weight is 324 g/mol. The molecular formula is C13H14BrN3O2. The van der Waals surface area contributed by atoms with Crippen LogP contribution in [0.2, 0.25) is 0 Å². The van der Waals surface area contributed by atoms with Crippen LogP contribution in [0.3, 0.4) is 0 Å². The number of nitrogens with zero attached hydrogens (tertiary/aromatic N) is 1. The van der Waals surface area contributed by atoms with Crippen LogP contribution in [0.5, 0.6) is 0 Å². The van der Waals surface area contributed by atoms with E-state index in [0.29, 0.717) is 24.5 Å². The number of aryl methyl sites for hydroxylation is 1. The molecule has 1 aromatic heterocycles. The Kier molecular flexibility index (Phi) is 4.34. The number of oxazole rings is 1. The lowest BCUT2D eigenvalue weighted by molar-refractivity contribution is 0.0995. The van der Waals surface area contributed by atoms with Crippen molar-refractivity contribution in [2.24, 2.45) is 5.73 Å². The summed E-state index contributed by atoms with van der Waals surface area (Å²) in [6.07, 6.45) is 1.92. The summed E-state index contributed by atoms with van der Waals surface area (Å²) in [6, 6.07) is 5.58. The Morgan fingerprint density at radius 1 is 1.53 bits per heavy atom.